The number of amides is 1. The van der Waals surface area contributed by atoms with Gasteiger partial charge in [-0.25, -0.2) is 8.42 Å². The van der Waals surface area contributed by atoms with Gasteiger partial charge in [0.15, 0.2) is 0 Å². The summed E-state index contributed by atoms with van der Waals surface area (Å²) >= 11 is 0. The van der Waals surface area contributed by atoms with Crippen molar-refractivity contribution in [3.05, 3.63) is 59.7 Å². The van der Waals surface area contributed by atoms with Crippen molar-refractivity contribution in [1.29, 1.82) is 0 Å². The number of benzene rings is 2. The summed E-state index contributed by atoms with van der Waals surface area (Å²) in [6, 6.07) is 15.3. The average Bonchev–Trinajstić information content (AvgIpc) is 2.57. The van der Waals surface area contributed by atoms with E-state index in [4.69, 9.17) is 0 Å². The molecule has 0 radical (unpaired) electrons. The van der Waals surface area contributed by atoms with Crippen molar-refractivity contribution in [2.45, 2.75) is 33.2 Å². The number of hydrogen-bond acceptors (Lipinski definition) is 3. The zero-order valence-electron chi connectivity index (χ0n) is 15.1. The van der Waals surface area contributed by atoms with Crippen LogP contribution in [0.15, 0.2) is 48.5 Å². The first kappa shape index (κ1) is 18.5. The summed E-state index contributed by atoms with van der Waals surface area (Å²) in [7, 11) is -3.36. The topological polar surface area (TPSA) is 66.5 Å². The highest BCUT2D eigenvalue weighted by Crippen LogP contribution is 2.31. The van der Waals surface area contributed by atoms with Crippen LogP contribution in [-0.4, -0.2) is 20.1 Å². The molecule has 0 bridgehead atoms. The largest absolute Gasteiger partial charge is 0.308 e. The van der Waals surface area contributed by atoms with E-state index in [1.807, 2.05) is 56.3 Å². The Kier molecular flexibility index (Phi) is 5.32. The van der Waals surface area contributed by atoms with E-state index in [0.717, 1.165) is 16.8 Å². The molecule has 1 heterocycles. The van der Waals surface area contributed by atoms with Crippen LogP contribution in [0.25, 0.3) is 0 Å². The van der Waals surface area contributed by atoms with Crippen molar-refractivity contribution in [3.8, 4) is 0 Å². The minimum atomic E-state index is -3.36. The number of carbonyl (C=O) groups is 1. The van der Waals surface area contributed by atoms with Crippen LogP contribution in [0.1, 0.15) is 31.4 Å². The number of hydrogen-bond donors (Lipinski definition) is 1. The molecular weight excluding hydrogens is 348 g/mol. The summed E-state index contributed by atoms with van der Waals surface area (Å²) in [6.45, 7) is 4.27. The van der Waals surface area contributed by atoms with Crippen molar-refractivity contribution in [1.82, 2.24) is 0 Å². The molecule has 138 valence electrons. The summed E-state index contributed by atoms with van der Waals surface area (Å²) < 4.78 is 27.0. The van der Waals surface area contributed by atoms with Gasteiger partial charge in [0, 0.05) is 17.8 Å². The molecule has 2 aromatic carbocycles. The Balaban J connectivity index is 1.84. The minimum absolute atomic E-state index is 0.0594. The lowest BCUT2D eigenvalue weighted by atomic mass is 10.00. The minimum Gasteiger partial charge on any atom is -0.308 e. The maximum atomic E-state index is 12.4. The first-order chi connectivity index (χ1) is 12.3. The highest BCUT2D eigenvalue weighted by atomic mass is 32.2. The monoisotopic (exact) mass is 372 g/mol. The Hall–Kier alpha value is -2.34. The normalized spacial score (nSPS) is 14.4. The molecule has 1 aliphatic heterocycles. The van der Waals surface area contributed by atoms with Crippen LogP contribution in [0, 0.1) is 5.92 Å². The van der Waals surface area contributed by atoms with Crippen molar-refractivity contribution in [2.24, 2.45) is 5.92 Å². The highest BCUT2D eigenvalue weighted by molar-refractivity contribution is 7.92. The Labute approximate surface area is 155 Å². The molecule has 26 heavy (non-hydrogen) atoms. The maximum Gasteiger partial charge on any atom is 0.232 e. The van der Waals surface area contributed by atoms with Gasteiger partial charge in [-0.05, 0) is 41.7 Å². The van der Waals surface area contributed by atoms with E-state index in [9.17, 15) is 13.2 Å². The third-order valence-electron chi connectivity index (χ3n) is 4.29. The number of carbonyl (C=O) groups excluding carboxylic acids is 1. The van der Waals surface area contributed by atoms with Gasteiger partial charge in [-0.1, -0.05) is 44.2 Å². The van der Waals surface area contributed by atoms with Gasteiger partial charge < -0.3 is 4.90 Å². The molecule has 0 saturated carbocycles. The molecule has 0 saturated heterocycles. The summed E-state index contributed by atoms with van der Waals surface area (Å²) in [4.78, 5) is 14.2. The first-order valence-electron chi connectivity index (χ1n) is 8.82. The quantitative estimate of drug-likeness (QED) is 0.843. The molecule has 0 aliphatic carbocycles. The van der Waals surface area contributed by atoms with E-state index >= 15 is 0 Å². The number of aryl methyl sites for hydroxylation is 1. The molecule has 3 rings (SSSR count). The summed E-state index contributed by atoms with van der Waals surface area (Å²) in [5.74, 6) is 0.238. The number of anilines is 2. The van der Waals surface area contributed by atoms with Crippen molar-refractivity contribution in [2.75, 3.05) is 15.4 Å². The summed E-state index contributed by atoms with van der Waals surface area (Å²) in [6.07, 6.45) is 1.06. The summed E-state index contributed by atoms with van der Waals surface area (Å²) in [5.41, 5.74) is 3.47. The third kappa shape index (κ3) is 4.43. The lowest BCUT2D eigenvalue weighted by Gasteiger charge is -2.30. The van der Waals surface area contributed by atoms with Crippen LogP contribution < -0.4 is 9.62 Å². The SMILES string of the molecule is CC(C)CS(=O)(=O)Nc1ccc2c(c1)CCC(=O)N2Cc1ccccc1. The van der Waals surface area contributed by atoms with Crippen LogP contribution in [0.3, 0.4) is 0 Å². The second-order valence-corrected chi connectivity index (χ2v) is 8.85. The molecule has 1 aliphatic rings. The van der Waals surface area contributed by atoms with E-state index in [2.05, 4.69) is 4.72 Å². The van der Waals surface area contributed by atoms with Gasteiger partial charge in [-0.3, -0.25) is 9.52 Å². The lowest BCUT2D eigenvalue weighted by Crippen LogP contribution is -2.34. The van der Waals surface area contributed by atoms with Gasteiger partial charge in [0.1, 0.15) is 0 Å². The molecular formula is C20H24N2O3S. The standard InChI is InChI=1S/C20H24N2O3S/c1-15(2)14-26(24,25)21-18-9-10-19-17(12-18)8-11-20(23)22(19)13-16-6-4-3-5-7-16/h3-7,9-10,12,15,21H,8,11,13-14H2,1-2H3. The molecule has 1 amide bonds. The predicted octanol–water partition coefficient (Wildman–Crippen LogP) is 3.56. The van der Waals surface area contributed by atoms with Crippen LogP contribution in [0.5, 0.6) is 0 Å². The number of nitrogens with one attached hydrogen (secondary N) is 1. The van der Waals surface area contributed by atoms with Crippen LogP contribution in [-0.2, 0) is 27.8 Å². The van der Waals surface area contributed by atoms with E-state index < -0.39 is 10.0 Å². The summed E-state index contributed by atoms with van der Waals surface area (Å²) in [5, 5.41) is 0. The predicted molar refractivity (Wildman–Crippen MR) is 105 cm³/mol. The molecule has 0 atom stereocenters. The molecule has 0 spiro atoms. The molecule has 6 heteroatoms. The van der Waals surface area contributed by atoms with E-state index in [-0.39, 0.29) is 17.6 Å². The smallest absolute Gasteiger partial charge is 0.232 e. The fourth-order valence-electron chi connectivity index (χ4n) is 3.22. The van der Waals surface area contributed by atoms with Gasteiger partial charge in [0.25, 0.3) is 0 Å². The van der Waals surface area contributed by atoms with E-state index in [1.165, 1.54) is 0 Å². The van der Waals surface area contributed by atoms with Crippen LogP contribution in [0.4, 0.5) is 11.4 Å². The van der Waals surface area contributed by atoms with Crippen molar-refractivity contribution in [3.63, 3.8) is 0 Å². The first-order valence-corrected chi connectivity index (χ1v) is 10.5. The molecule has 5 nitrogen and oxygen atoms in total. The van der Waals surface area contributed by atoms with Gasteiger partial charge in [0.05, 0.1) is 12.3 Å². The van der Waals surface area contributed by atoms with Crippen molar-refractivity contribution >= 4 is 27.3 Å². The third-order valence-corrected chi connectivity index (χ3v) is 5.94. The zero-order valence-corrected chi connectivity index (χ0v) is 15.9. The van der Waals surface area contributed by atoms with Gasteiger partial charge >= 0.3 is 0 Å². The number of fused-ring (bicyclic) bond motifs is 1. The fraction of sp³-hybridized carbons (Fsp3) is 0.350. The molecule has 1 N–H and O–H groups in total. The number of sulfonamides is 1. The molecule has 0 unspecified atom stereocenters. The van der Waals surface area contributed by atoms with Crippen LogP contribution >= 0.6 is 0 Å². The van der Waals surface area contributed by atoms with Gasteiger partial charge in [0.2, 0.25) is 15.9 Å². The van der Waals surface area contributed by atoms with E-state index in [0.29, 0.717) is 25.1 Å². The Morgan fingerprint density at radius 2 is 1.81 bits per heavy atom. The highest BCUT2D eigenvalue weighted by Gasteiger charge is 2.25. The van der Waals surface area contributed by atoms with E-state index in [1.54, 1.807) is 11.0 Å². The van der Waals surface area contributed by atoms with Crippen molar-refractivity contribution < 1.29 is 13.2 Å². The Morgan fingerprint density at radius 3 is 2.50 bits per heavy atom. The van der Waals surface area contributed by atoms with Gasteiger partial charge in [-0.2, -0.15) is 0 Å². The lowest BCUT2D eigenvalue weighted by molar-refractivity contribution is -0.119. The Bertz CT molecular complexity index is 893. The number of nitrogens with zero attached hydrogens (tertiary/aromatic N) is 1. The fourth-order valence-corrected chi connectivity index (χ4v) is 4.67. The second-order valence-electron chi connectivity index (χ2n) is 7.09. The van der Waals surface area contributed by atoms with Crippen LogP contribution in [0.2, 0.25) is 0 Å². The Morgan fingerprint density at radius 1 is 1.08 bits per heavy atom. The maximum absolute atomic E-state index is 12.4. The van der Waals surface area contributed by atoms with Gasteiger partial charge in [-0.15, -0.1) is 0 Å². The molecule has 0 fully saturated rings. The molecule has 0 aromatic heterocycles. The zero-order chi connectivity index (χ0) is 18.7. The second kappa shape index (κ2) is 7.50. The average molecular weight is 372 g/mol. The number of rotatable bonds is 6. The molecule has 2 aromatic rings.